The monoisotopic (exact) mass is 430 g/mol. The van der Waals surface area contributed by atoms with Gasteiger partial charge in [0.15, 0.2) is 17.6 Å². The molecule has 0 aliphatic carbocycles. The van der Waals surface area contributed by atoms with E-state index in [4.69, 9.17) is 18.9 Å². The van der Waals surface area contributed by atoms with E-state index in [2.05, 4.69) is 5.32 Å². The Labute approximate surface area is 178 Å². The zero-order valence-electron chi connectivity index (χ0n) is 17.2. The topological polar surface area (TPSA) is 126 Å². The van der Waals surface area contributed by atoms with Gasteiger partial charge in [-0.05, 0) is 13.0 Å². The largest absolute Gasteiger partial charge is 0.493 e. The van der Waals surface area contributed by atoms with Gasteiger partial charge in [-0.25, -0.2) is 4.79 Å². The van der Waals surface area contributed by atoms with E-state index in [1.54, 1.807) is 0 Å². The number of esters is 1. The molecule has 0 saturated heterocycles. The number of rotatable bonds is 7. The first-order valence-electron chi connectivity index (χ1n) is 9.49. The number of benzene rings is 2. The van der Waals surface area contributed by atoms with E-state index in [9.17, 15) is 19.7 Å². The maximum absolute atomic E-state index is 12.6. The third-order valence-corrected chi connectivity index (χ3v) is 4.85. The van der Waals surface area contributed by atoms with Crippen LogP contribution in [-0.4, -0.2) is 43.7 Å². The van der Waals surface area contributed by atoms with E-state index >= 15 is 0 Å². The molecule has 0 radical (unpaired) electrons. The zero-order valence-corrected chi connectivity index (χ0v) is 17.2. The first-order chi connectivity index (χ1) is 14.8. The lowest BCUT2D eigenvalue weighted by Gasteiger charge is -2.27. The van der Waals surface area contributed by atoms with Crippen molar-refractivity contribution in [2.45, 2.75) is 25.5 Å². The summed E-state index contributed by atoms with van der Waals surface area (Å²) in [6, 6.07) is 9.26. The lowest BCUT2D eigenvalue weighted by molar-refractivity contribution is -0.385. The number of nitro benzene ring substituents is 1. The van der Waals surface area contributed by atoms with Gasteiger partial charge < -0.3 is 24.3 Å². The van der Waals surface area contributed by atoms with Crippen LogP contribution in [0.15, 0.2) is 36.4 Å². The number of para-hydroxylation sites is 1. The molecule has 1 amide bonds. The van der Waals surface area contributed by atoms with Crippen LogP contribution in [-0.2, 0) is 9.53 Å². The van der Waals surface area contributed by atoms with Crippen molar-refractivity contribution in [2.24, 2.45) is 0 Å². The van der Waals surface area contributed by atoms with Gasteiger partial charge in [-0.3, -0.25) is 14.9 Å². The first kappa shape index (κ1) is 21.9. The number of fused-ring (bicyclic) bond motifs is 1. The summed E-state index contributed by atoms with van der Waals surface area (Å²) in [7, 11) is 2.65. The summed E-state index contributed by atoms with van der Waals surface area (Å²) in [5.41, 5.74) is -0.0384. The molecule has 0 saturated carbocycles. The second-order valence-corrected chi connectivity index (χ2v) is 6.77. The number of methoxy groups -OCH3 is 2. The van der Waals surface area contributed by atoms with Gasteiger partial charge in [0.25, 0.3) is 11.6 Å². The van der Waals surface area contributed by atoms with Crippen LogP contribution in [0, 0.1) is 10.1 Å². The Morgan fingerprint density at radius 3 is 2.55 bits per heavy atom. The highest BCUT2D eigenvalue weighted by Crippen LogP contribution is 2.35. The normalized spacial score (nSPS) is 15.6. The Balaban J connectivity index is 1.75. The number of ether oxygens (including phenoxy) is 4. The van der Waals surface area contributed by atoms with Gasteiger partial charge in [0.2, 0.25) is 0 Å². The minimum Gasteiger partial charge on any atom is -0.493 e. The molecule has 164 valence electrons. The molecule has 0 aromatic heterocycles. The molecule has 1 aliphatic heterocycles. The number of carbonyl (C=O) groups excluding carboxylic acids is 2. The van der Waals surface area contributed by atoms with E-state index < -0.39 is 28.6 Å². The van der Waals surface area contributed by atoms with E-state index in [0.29, 0.717) is 18.8 Å². The molecule has 2 aromatic carbocycles. The van der Waals surface area contributed by atoms with Crippen LogP contribution in [0.2, 0.25) is 0 Å². The van der Waals surface area contributed by atoms with Crippen LogP contribution in [0.5, 0.6) is 17.2 Å². The highest BCUT2D eigenvalue weighted by atomic mass is 16.6. The summed E-state index contributed by atoms with van der Waals surface area (Å²) in [6.45, 7) is 1.83. The molecule has 2 aromatic rings. The van der Waals surface area contributed by atoms with Gasteiger partial charge in [0.05, 0.1) is 37.9 Å². The van der Waals surface area contributed by atoms with Gasteiger partial charge in [0, 0.05) is 18.1 Å². The Kier molecular flexibility index (Phi) is 6.58. The van der Waals surface area contributed by atoms with Crippen LogP contribution in [0.4, 0.5) is 5.69 Å². The van der Waals surface area contributed by atoms with Gasteiger partial charge in [-0.1, -0.05) is 18.2 Å². The summed E-state index contributed by atoms with van der Waals surface area (Å²) < 4.78 is 20.9. The fourth-order valence-corrected chi connectivity index (χ4v) is 3.24. The Morgan fingerprint density at radius 2 is 1.87 bits per heavy atom. The number of nitrogens with one attached hydrogen (secondary N) is 1. The summed E-state index contributed by atoms with van der Waals surface area (Å²) in [6.07, 6.45) is -0.625. The number of amides is 1. The standard InChI is InChI=1S/C21H22N2O8/c1-12(20(24)22-15-8-9-30-17-7-5-4-6-13(15)17)31-21(25)14-10-18(28-2)19(29-3)11-16(14)23(26)27/h4-7,10-12,15H,8-9H2,1-3H3,(H,22,24). The molecule has 1 aliphatic rings. The summed E-state index contributed by atoms with van der Waals surface area (Å²) in [5, 5.41) is 14.2. The zero-order chi connectivity index (χ0) is 22.5. The maximum atomic E-state index is 12.6. The fraction of sp³-hybridized carbons (Fsp3) is 0.333. The summed E-state index contributed by atoms with van der Waals surface area (Å²) in [5.74, 6) is -0.656. The van der Waals surface area contributed by atoms with Crippen LogP contribution < -0.4 is 19.5 Å². The van der Waals surface area contributed by atoms with E-state index in [1.807, 2.05) is 24.3 Å². The molecule has 31 heavy (non-hydrogen) atoms. The molecule has 2 unspecified atom stereocenters. The molecule has 0 bridgehead atoms. The second kappa shape index (κ2) is 9.33. The van der Waals surface area contributed by atoms with Crippen molar-refractivity contribution in [3.05, 3.63) is 57.6 Å². The van der Waals surface area contributed by atoms with Gasteiger partial charge in [0.1, 0.15) is 11.3 Å². The van der Waals surface area contributed by atoms with Crippen LogP contribution >= 0.6 is 0 Å². The Morgan fingerprint density at radius 1 is 1.19 bits per heavy atom. The van der Waals surface area contributed by atoms with Gasteiger partial charge in [-0.2, -0.15) is 0 Å². The third-order valence-electron chi connectivity index (χ3n) is 4.85. The summed E-state index contributed by atoms with van der Waals surface area (Å²) >= 11 is 0. The fourth-order valence-electron chi connectivity index (χ4n) is 3.24. The molecule has 1 heterocycles. The van der Waals surface area contributed by atoms with Crippen molar-refractivity contribution >= 4 is 17.6 Å². The highest BCUT2D eigenvalue weighted by Gasteiger charge is 2.30. The van der Waals surface area contributed by atoms with Gasteiger partial charge >= 0.3 is 5.97 Å². The minimum absolute atomic E-state index is 0.0923. The Bertz CT molecular complexity index is 1010. The molecule has 10 heteroatoms. The molecule has 10 nitrogen and oxygen atoms in total. The molecule has 0 fully saturated rings. The molecule has 2 atom stereocenters. The maximum Gasteiger partial charge on any atom is 0.346 e. The molecule has 3 rings (SSSR count). The smallest absolute Gasteiger partial charge is 0.346 e. The lowest BCUT2D eigenvalue weighted by Crippen LogP contribution is -2.39. The second-order valence-electron chi connectivity index (χ2n) is 6.77. The lowest BCUT2D eigenvalue weighted by atomic mass is 10.0. The van der Waals surface area contributed by atoms with E-state index in [0.717, 1.165) is 17.7 Å². The summed E-state index contributed by atoms with van der Waals surface area (Å²) in [4.78, 5) is 35.9. The average molecular weight is 430 g/mol. The van der Waals surface area contributed by atoms with Crippen LogP contribution in [0.25, 0.3) is 0 Å². The van der Waals surface area contributed by atoms with Crippen molar-refractivity contribution in [3.63, 3.8) is 0 Å². The van der Waals surface area contributed by atoms with Crippen LogP contribution in [0.3, 0.4) is 0 Å². The van der Waals surface area contributed by atoms with Crippen molar-refractivity contribution in [1.82, 2.24) is 5.32 Å². The van der Waals surface area contributed by atoms with Crippen molar-refractivity contribution < 1.29 is 33.5 Å². The third kappa shape index (κ3) is 4.68. The highest BCUT2D eigenvalue weighted by molar-refractivity contribution is 5.96. The number of hydrogen-bond donors (Lipinski definition) is 1. The average Bonchev–Trinajstić information content (AvgIpc) is 2.78. The molecule has 1 N–H and O–H groups in total. The van der Waals surface area contributed by atoms with E-state index in [-0.39, 0.29) is 23.1 Å². The van der Waals surface area contributed by atoms with E-state index in [1.165, 1.54) is 21.1 Å². The van der Waals surface area contributed by atoms with Crippen molar-refractivity contribution in [1.29, 1.82) is 0 Å². The Hall–Kier alpha value is -3.82. The van der Waals surface area contributed by atoms with Crippen molar-refractivity contribution in [3.8, 4) is 17.2 Å². The molecular weight excluding hydrogens is 408 g/mol. The predicted octanol–water partition coefficient (Wildman–Crippen LogP) is 2.80. The molecular formula is C21H22N2O8. The minimum atomic E-state index is -1.18. The first-order valence-corrected chi connectivity index (χ1v) is 9.49. The quantitative estimate of drug-likeness (QED) is 0.404. The van der Waals surface area contributed by atoms with Crippen LogP contribution in [0.1, 0.15) is 35.3 Å². The number of hydrogen-bond acceptors (Lipinski definition) is 8. The molecule has 0 spiro atoms. The predicted molar refractivity (Wildman–Crippen MR) is 109 cm³/mol. The number of carbonyl (C=O) groups is 2. The van der Waals surface area contributed by atoms with Gasteiger partial charge in [-0.15, -0.1) is 0 Å². The SMILES string of the molecule is COc1cc(C(=O)OC(C)C(=O)NC2CCOc3ccccc32)c([N+](=O)[O-])cc1OC. The number of nitro groups is 1. The number of nitrogens with zero attached hydrogens (tertiary/aromatic N) is 1. The van der Waals surface area contributed by atoms with Crippen molar-refractivity contribution in [2.75, 3.05) is 20.8 Å².